The van der Waals surface area contributed by atoms with E-state index in [4.69, 9.17) is 14.6 Å². The minimum atomic E-state index is -5.01. The average molecular weight is 547 g/mol. The molecule has 0 saturated heterocycles. The molecule has 0 fully saturated rings. The van der Waals surface area contributed by atoms with Gasteiger partial charge < -0.3 is 19.1 Å². The Morgan fingerprint density at radius 2 is 1.25 bits per heavy atom. The molecule has 1 N–H and O–H groups in total. The van der Waals surface area contributed by atoms with Gasteiger partial charge in [0.25, 0.3) is 0 Å². The Labute approximate surface area is 242 Å². The SMILES string of the molecule is CCCCC(CC)COC(=O)CC(C(=O)OCC(CC)CCCC)S(=O)(=O)[O-].CCCCCCO.[Na+]. The summed E-state index contributed by atoms with van der Waals surface area (Å²) in [5, 5.41) is 6.24. The molecule has 0 radical (unpaired) electrons. The Hall–Kier alpha value is -0.190. The third-order valence-corrected chi connectivity index (χ3v) is 7.06. The van der Waals surface area contributed by atoms with Gasteiger partial charge in [-0.1, -0.05) is 92.4 Å². The number of carbonyl (C=O) groups is 2. The summed E-state index contributed by atoms with van der Waals surface area (Å²) in [6, 6.07) is 0. The maximum Gasteiger partial charge on any atom is 1.00 e. The van der Waals surface area contributed by atoms with Gasteiger partial charge in [-0.15, -0.1) is 0 Å². The molecular formula is C26H51NaO8S. The van der Waals surface area contributed by atoms with Gasteiger partial charge in [0.05, 0.1) is 19.6 Å². The predicted octanol–water partition coefficient (Wildman–Crippen LogP) is 2.37. The first-order valence-electron chi connectivity index (χ1n) is 13.5. The summed E-state index contributed by atoms with van der Waals surface area (Å²) in [5.74, 6) is -1.74. The van der Waals surface area contributed by atoms with E-state index in [9.17, 15) is 22.6 Å². The molecule has 0 saturated carbocycles. The summed E-state index contributed by atoms with van der Waals surface area (Å²) in [6.45, 7) is 10.8. The van der Waals surface area contributed by atoms with Crippen molar-refractivity contribution in [3.8, 4) is 0 Å². The van der Waals surface area contributed by atoms with E-state index in [0.717, 1.165) is 57.8 Å². The molecule has 0 amide bonds. The third-order valence-electron chi connectivity index (χ3n) is 6.00. The molecule has 10 heteroatoms. The van der Waals surface area contributed by atoms with Crippen molar-refractivity contribution in [2.24, 2.45) is 11.8 Å². The molecule has 0 bridgehead atoms. The molecule has 36 heavy (non-hydrogen) atoms. The van der Waals surface area contributed by atoms with Gasteiger partial charge in [0.2, 0.25) is 0 Å². The van der Waals surface area contributed by atoms with E-state index in [2.05, 4.69) is 20.8 Å². The fourth-order valence-electron chi connectivity index (χ4n) is 3.35. The monoisotopic (exact) mass is 546 g/mol. The van der Waals surface area contributed by atoms with E-state index in [1.54, 1.807) is 0 Å². The average Bonchev–Trinajstić information content (AvgIpc) is 2.82. The van der Waals surface area contributed by atoms with Crippen LogP contribution in [0.15, 0.2) is 0 Å². The second-order valence-corrected chi connectivity index (χ2v) is 10.7. The first-order valence-corrected chi connectivity index (χ1v) is 15.0. The predicted molar refractivity (Wildman–Crippen MR) is 138 cm³/mol. The number of hydrogen-bond donors (Lipinski definition) is 1. The summed E-state index contributed by atoms with van der Waals surface area (Å²) in [5.41, 5.74) is 0. The van der Waals surface area contributed by atoms with E-state index >= 15 is 0 Å². The Morgan fingerprint density at radius 3 is 1.64 bits per heavy atom. The number of carbonyl (C=O) groups excluding carboxylic acids is 2. The minimum Gasteiger partial charge on any atom is -0.747 e. The Balaban J connectivity index is -0.00000118. The number of unbranched alkanes of at least 4 members (excludes halogenated alkanes) is 5. The van der Waals surface area contributed by atoms with Crippen molar-refractivity contribution in [1.82, 2.24) is 0 Å². The van der Waals surface area contributed by atoms with Crippen LogP contribution in [0.25, 0.3) is 0 Å². The van der Waals surface area contributed by atoms with Gasteiger partial charge in [-0.2, -0.15) is 0 Å². The van der Waals surface area contributed by atoms with E-state index in [0.29, 0.717) is 6.61 Å². The van der Waals surface area contributed by atoms with Gasteiger partial charge >= 0.3 is 41.5 Å². The van der Waals surface area contributed by atoms with Crippen LogP contribution in [-0.4, -0.2) is 55.1 Å². The largest absolute Gasteiger partial charge is 1.00 e. The molecule has 3 unspecified atom stereocenters. The number of hydrogen-bond acceptors (Lipinski definition) is 8. The van der Waals surface area contributed by atoms with Gasteiger partial charge in [0.1, 0.15) is 10.1 Å². The van der Waals surface area contributed by atoms with Crippen LogP contribution in [0.2, 0.25) is 0 Å². The van der Waals surface area contributed by atoms with Crippen LogP contribution in [-0.2, 0) is 29.2 Å². The van der Waals surface area contributed by atoms with Crippen LogP contribution < -0.4 is 29.6 Å². The fourth-order valence-corrected chi connectivity index (χ4v) is 4.00. The normalized spacial score (nSPS) is 13.4. The van der Waals surface area contributed by atoms with Gasteiger partial charge in [0, 0.05) is 6.61 Å². The Morgan fingerprint density at radius 1 is 0.778 bits per heavy atom. The second kappa shape index (κ2) is 26.4. The van der Waals surface area contributed by atoms with Crippen LogP contribution >= 0.6 is 0 Å². The van der Waals surface area contributed by atoms with Crippen LogP contribution in [0, 0.1) is 11.8 Å². The summed E-state index contributed by atoms with van der Waals surface area (Å²) in [4.78, 5) is 24.1. The number of aliphatic hydroxyl groups excluding tert-OH is 1. The van der Waals surface area contributed by atoms with Crippen LogP contribution in [0.5, 0.6) is 0 Å². The summed E-state index contributed by atoms with van der Waals surface area (Å²) < 4.78 is 44.6. The standard InChI is InChI=1S/C20H38O7S.C6H14O.Na/c1-5-9-11-16(7-3)14-26-19(21)13-18(28(23,24)25)20(22)27-15-17(8-4)12-10-6-2;1-2-3-4-5-6-7;/h16-18H,5-15H2,1-4H3,(H,23,24,25);7H,2-6H2,1H3;/q;;+1/p-1. The van der Waals surface area contributed by atoms with Crippen molar-refractivity contribution in [3.63, 3.8) is 0 Å². The number of ether oxygens (including phenoxy) is 2. The molecule has 0 aliphatic carbocycles. The molecule has 0 aromatic heterocycles. The zero-order chi connectivity index (χ0) is 27.1. The van der Waals surface area contributed by atoms with Crippen molar-refractivity contribution in [2.75, 3.05) is 19.8 Å². The second-order valence-electron chi connectivity index (χ2n) is 9.12. The van der Waals surface area contributed by atoms with Gasteiger partial charge in [-0.25, -0.2) is 8.42 Å². The van der Waals surface area contributed by atoms with Gasteiger partial charge in [0.15, 0.2) is 5.25 Å². The van der Waals surface area contributed by atoms with Crippen LogP contribution in [0.4, 0.5) is 0 Å². The zero-order valence-electron chi connectivity index (χ0n) is 23.8. The molecular weight excluding hydrogens is 495 g/mol. The minimum absolute atomic E-state index is 0. The molecule has 0 aromatic rings. The van der Waals surface area contributed by atoms with Crippen molar-refractivity contribution < 1.29 is 66.7 Å². The Kier molecular flexibility index (Phi) is 29.6. The van der Waals surface area contributed by atoms with Gasteiger partial charge in [-0.05, 0) is 31.1 Å². The maximum atomic E-state index is 12.1. The number of rotatable bonds is 20. The molecule has 0 rings (SSSR count). The molecule has 0 aromatic carbocycles. The molecule has 3 atom stereocenters. The van der Waals surface area contributed by atoms with Crippen LogP contribution in [0.1, 0.15) is 118 Å². The summed E-state index contributed by atoms with van der Waals surface area (Å²) >= 11 is 0. The summed E-state index contributed by atoms with van der Waals surface area (Å²) in [6.07, 6.45) is 11.3. The van der Waals surface area contributed by atoms with Crippen molar-refractivity contribution in [3.05, 3.63) is 0 Å². The summed E-state index contributed by atoms with van der Waals surface area (Å²) in [7, 11) is -5.01. The van der Waals surface area contributed by atoms with E-state index < -0.39 is 33.7 Å². The third kappa shape index (κ3) is 23.0. The van der Waals surface area contributed by atoms with Crippen molar-refractivity contribution in [2.45, 2.75) is 123 Å². The molecule has 8 nitrogen and oxygen atoms in total. The van der Waals surface area contributed by atoms with E-state index in [-0.39, 0.29) is 54.6 Å². The smallest absolute Gasteiger partial charge is 0.747 e. The first kappa shape index (κ1) is 40.3. The van der Waals surface area contributed by atoms with Crippen molar-refractivity contribution in [1.29, 1.82) is 0 Å². The zero-order valence-corrected chi connectivity index (χ0v) is 26.6. The molecule has 0 spiro atoms. The van der Waals surface area contributed by atoms with Gasteiger partial charge in [-0.3, -0.25) is 9.59 Å². The molecule has 0 aliphatic rings. The van der Waals surface area contributed by atoms with Crippen LogP contribution in [0.3, 0.4) is 0 Å². The first-order chi connectivity index (χ1) is 16.6. The topological polar surface area (TPSA) is 130 Å². The maximum absolute atomic E-state index is 12.1. The fraction of sp³-hybridized carbons (Fsp3) is 0.923. The van der Waals surface area contributed by atoms with E-state index in [1.807, 2.05) is 13.8 Å². The Bertz CT molecular complexity index is 623. The molecule has 0 heterocycles. The quantitative estimate of drug-likeness (QED) is 0.107. The number of aliphatic hydroxyl groups is 1. The number of esters is 2. The molecule has 210 valence electrons. The van der Waals surface area contributed by atoms with E-state index in [1.165, 1.54) is 19.3 Å². The van der Waals surface area contributed by atoms with Crippen molar-refractivity contribution >= 4 is 22.1 Å². The molecule has 0 aliphatic heterocycles.